The Balaban J connectivity index is 1.10. The van der Waals surface area contributed by atoms with Gasteiger partial charge in [-0.05, 0) is 92.3 Å². The number of methoxy groups -OCH3 is 1. The number of likely N-dealkylation sites (tertiary alicyclic amines) is 1. The molecule has 1 amide bonds. The number of halogens is 2. The lowest BCUT2D eigenvalue weighted by Crippen LogP contribution is -2.45. The summed E-state index contributed by atoms with van der Waals surface area (Å²) in [7, 11) is 1.66. The van der Waals surface area contributed by atoms with Crippen LogP contribution >= 0.6 is 11.6 Å². The first-order valence-corrected chi connectivity index (χ1v) is 17.4. The van der Waals surface area contributed by atoms with Crippen molar-refractivity contribution in [2.24, 2.45) is 0 Å². The minimum Gasteiger partial charge on any atom is -0.496 e. The highest BCUT2D eigenvalue weighted by molar-refractivity contribution is 6.32. The topological polar surface area (TPSA) is 72.1 Å². The van der Waals surface area contributed by atoms with Crippen molar-refractivity contribution < 1.29 is 23.4 Å². The molecule has 0 bridgehead atoms. The summed E-state index contributed by atoms with van der Waals surface area (Å²) < 4.78 is 32.7. The second-order valence-corrected chi connectivity index (χ2v) is 13.8. The molecule has 47 heavy (non-hydrogen) atoms. The van der Waals surface area contributed by atoms with Gasteiger partial charge in [0.25, 0.3) is 0 Å². The Kier molecular flexibility index (Phi) is 10.6. The summed E-state index contributed by atoms with van der Waals surface area (Å²) in [5, 5.41) is 6.97. The van der Waals surface area contributed by atoms with Gasteiger partial charge in [0.05, 0.1) is 18.7 Å². The molecule has 2 atom stereocenters. The Morgan fingerprint density at radius 3 is 2.60 bits per heavy atom. The van der Waals surface area contributed by atoms with Gasteiger partial charge in [-0.15, -0.1) is 0 Å². The van der Waals surface area contributed by atoms with Gasteiger partial charge in [0, 0.05) is 56.8 Å². The molecule has 1 unspecified atom stereocenters. The number of carbonyl (C=O) groups is 1. The van der Waals surface area contributed by atoms with Crippen LogP contribution in [0.5, 0.6) is 17.2 Å². The maximum Gasteiger partial charge on any atom is 0.220 e. The zero-order valence-electron chi connectivity index (χ0n) is 27.8. The third kappa shape index (κ3) is 8.04. The van der Waals surface area contributed by atoms with Crippen LogP contribution in [0.1, 0.15) is 73.8 Å². The molecule has 0 saturated carbocycles. The van der Waals surface area contributed by atoms with Crippen molar-refractivity contribution in [3.8, 4) is 28.4 Å². The van der Waals surface area contributed by atoms with E-state index in [-0.39, 0.29) is 18.1 Å². The fraction of sp³-hybridized carbons (Fsp3) is 0.500. The summed E-state index contributed by atoms with van der Waals surface area (Å²) in [6, 6.07) is 16.8. The highest BCUT2D eigenvalue weighted by Crippen LogP contribution is 2.44. The van der Waals surface area contributed by atoms with Gasteiger partial charge in [-0.3, -0.25) is 4.79 Å². The lowest BCUT2D eigenvalue weighted by molar-refractivity contribution is -0.122. The maximum absolute atomic E-state index is 14.1. The zero-order chi connectivity index (χ0) is 33.0. The lowest BCUT2D eigenvalue weighted by atomic mass is 9.93. The molecule has 2 N–H and O–H groups in total. The summed E-state index contributed by atoms with van der Waals surface area (Å²) in [5.41, 5.74) is 5.92. The van der Waals surface area contributed by atoms with E-state index in [2.05, 4.69) is 52.8 Å². The van der Waals surface area contributed by atoms with Crippen LogP contribution in [0, 0.1) is 6.92 Å². The average molecular weight is 664 g/mol. The van der Waals surface area contributed by atoms with Crippen molar-refractivity contribution in [2.45, 2.75) is 83.2 Å². The number of carbonyl (C=O) groups excluding carboxylic acids is 1. The van der Waals surface area contributed by atoms with Gasteiger partial charge in [-0.2, -0.15) is 0 Å². The highest BCUT2D eigenvalue weighted by Gasteiger charge is 2.30. The number of rotatable bonds is 12. The van der Waals surface area contributed by atoms with Crippen molar-refractivity contribution in [3.05, 3.63) is 75.8 Å². The van der Waals surface area contributed by atoms with E-state index in [0.717, 1.165) is 67.9 Å². The molecule has 2 saturated heterocycles. The van der Waals surface area contributed by atoms with Gasteiger partial charge >= 0.3 is 0 Å². The number of amides is 1. The Labute approximate surface area is 283 Å². The van der Waals surface area contributed by atoms with Crippen molar-refractivity contribution in [2.75, 3.05) is 39.9 Å². The number of hydrogen-bond donors (Lipinski definition) is 2. The smallest absolute Gasteiger partial charge is 0.220 e. The Hall–Kier alpha value is -3.33. The minimum absolute atomic E-state index is 0.104. The summed E-state index contributed by atoms with van der Waals surface area (Å²) in [5.74, 6) is 2.33. The van der Waals surface area contributed by atoms with Crippen molar-refractivity contribution in [1.29, 1.82) is 0 Å². The first-order valence-electron chi connectivity index (χ1n) is 17.0. The van der Waals surface area contributed by atoms with E-state index in [1.165, 1.54) is 22.3 Å². The molecule has 2 heterocycles. The van der Waals surface area contributed by atoms with Crippen LogP contribution in [0.2, 0.25) is 5.02 Å². The van der Waals surface area contributed by atoms with Crippen molar-refractivity contribution >= 4 is 17.5 Å². The Bertz CT molecular complexity index is 1560. The number of nitrogens with zero attached hydrogens (tertiary/aromatic N) is 1. The standard InChI is InChI=1S/C38H47ClFN3O4/c1-25-28(7-5-10-33(25)46-20-6-17-43-18-15-38(2,40)16-19-43)29-8-4-9-31-30(29)12-13-34(31)47-36-22-35(45-3)26(21-32(36)39)23-41-27-11-14-37(44)42-24-27/h4-5,7-10,21-22,27,34,41H,6,11-20,23-24H2,1-3H3,(H,42,44)/t27?,34-/m0/s1. The fourth-order valence-corrected chi connectivity index (χ4v) is 7.31. The summed E-state index contributed by atoms with van der Waals surface area (Å²) >= 11 is 6.78. The number of fused-ring (bicyclic) bond motifs is 1. The number of ether oxygens (including phenoxy) is 3. The van der Waals surface area contributed by atoms with E-state index >= 15 is 0 Å². The zero-order valence-corrected chi connectivity index (χ0v) is 28.6. The molecule has 0 radical (unpaired) electrons. The molecule has 3 aromatic rings. The van der Waals surface area contributed by atoms with Crippen LogP contribution < -0.4 is 24.8 Å². The van der Waals surface area contributed by atoms with Crippen molar-refractivity contribution in [1.82, 2.24) is 15.5 Å². The van der Waals surface area contributed by atoms with Gasteiger partial charge in [0.15, 0.2) is 0 Å². The number of hydrogen-bond acceptors (Lipinski definition) is 6. The minimum atomic E-state index is -1.02. The van der Waals surface area contributed by atoms with Gasteiger partial charge in [-0.25, -0.2) is 4.39 Å². The predicted octanol–water partition coefficient (Wildman–Crippen LogP) is 7.35. The molecule has 2 aliphatic heterocycles. The van der Waals surface area contributed by atoms with E-state index in [4.69, 9.17) is 25.8 Å². The fourth-order valence-electron chi connectivity index (χ4n) is 7.08. The molecule has 0 spiro atoms. The lowest BCUT2D eigenvalue weighted by Gasteiger charge is -2.34. The largest absolute Gasteiger partial charge is 0.496 e. The van der Waals surface area contributed by atoms with E-state index in [9.17, 15) is 9.18 Å². The molecule has 6 rings (SSSR count). The second-order valence-electron chi connectivity index (χ2n) is 13.4. The van der Waals surface area contributed by atoms with Crippen LogP contribution in [-0.4, -0.2) is 62.4 Å². The first kappa shape index (κ1) is 33.6. The molecule has 3 aromatic carbocycles. The number of benzene rings is 3. The van der Waals surface area contributed by atoms with Crippen LogP contribution in [0.4, 0.5) is 4.39 Å². The van der Waals surface area contributed by atoms with Crippen LogP contribution in [-0.2, 0) is 17.8 Å². The first-order chi connectivity index (χ1) is 22.7. The Morgan fingerprint density at radius 2 is 1.83 bits per heavy atom. The van der Waals surface area contributed by atoms with E-state index < -0.39 is 5.67 Å². The monoisotopic (exact) mass is 663 g/mol. The van der Waals surface area contributed by atoms with Crippen LogP contribution in [0.25, 0.3) is 11.1 Å². The highest BCUT2D eigenvalue weighted by atomic mass is 35.5. The molecule has 0 aromatic heterocycles. The quantitative estimate of drug-likeness (QED) is 0.198. The van der Waals surface area contributed by atoms with Crippen molar-refractivity contribution in [3.63, 3.8) is 0 Å². The number of piperidine rings is 2. The normalized spacial score (nSPS) is 20.8. The maximum atomic E-state index is 14.1. The molecule has 9 heteroatoms. The van der Waals surface area contributed by atoms with E-state index in [1.54, 1.807) is 14.0 Å². The summed E-state index contributed by atoms with van der Waals surface area (Å²) in [6.45, 7) is 8.25. The summed E-state index contributed by atoms with van der Waals surface area (Å²) in [6.07, 6.45) is 5.12. The third-order valence-electron chi connectivity index (χ3n) is 10.0. The van der Waals surface area contributed by atoms with E-state index in [1.807, 2.05) is 18.2 Å². The van der Waals surface area contributed by atoms with Crippen LogP contribution in [0.3, 0.4) is 0 Å². The molecule has 3 aliphatic rings. The molecule has 7 nitrogen and oxygen atoms in total. The molecular weight excluding hydrogens is 617 g/mol. The van der Waals surface area contributed by atoms with Crippen LogP contribution in [0.15, 0.2) is 48.5 Å². The van der Waals surface area contributed by atoms with Gasteiger partial charge in [0.2, 0.25) is 5.91 Å². The van der Waals surface area contributed by atoms with E-state index in [0.29, 0.717) is 49.7 Å². The number of alkyl halides is 1. The van der Waals surface area contributed by atoms with Gasteiger partial charge < -0.3 is 29.7 Å². The molecule has 2 fully saturated rings. The summed E-state index contributed by atoms with van der Waals surface area (Å²) in [4.78, 5) is 13.8. The SMILES string of the molecule is COc1cc(O[C@H]2CCc3c(-c4cccc(OCCCN5CCC(C)(F)CC5)c4C)cccc32)c(Cl)cc1CNC1CCC(=O)NC1. The predicted molar refractivity (Wildman–Crippen MR) is 184 cm³/mol. The molecular formula is C38H47ClFN3O4. The molecule has 252 valence electrons. The average Bonchev–Trinajstić information content (AvgIpc) is 3.48. The molecule has 1 aliphatic carbocycles. The second kappa shape index (κ2) is 14.8. The van der Waals surface area contributed by atoms with Gasteiger partial charge in [-0.1, -0.05) is 41.9 Å². The van der Waals surface area contributed by atoms with Gasteiger partial charge in [0.1, 0.15) is 29.0 Å². The Morgan fingerprint density at radius 1 is 1.04 bits per heavy atom. The third-order valence-corrected chi connectivity index (χ3v) is 10.3. The number of nitrogens with one attached hydrogen (secondary N) is 2.